The van der Waals surface area contributed by atoms with E-state index >= 15 is 0 Å². The summed E-state index contributed by atoms with van der Waals surface area (Å²) in [6.45, 7) is 8.39. The molecule has 2 aromatic heterocycles. The van der Waals surface area contributed by atoms with Gasteiger partial charge in [-0.05, 0) is 38.3 Å². The van der Waals surface area contributed by atoms with Gasteiger partial charge in [0.1, 0.15) is 16.9 Å². The Bertz CT molecular complexity index is 1110. The molecule has 0 radical (unpaired) electrons. The molecule has 1 fully saturated rings. The molecule has 8 nitrogen and oxygen atoms in total. The number of rotatable bonds is 3. The van der Waals surface area contributed by atoms with Gasteiger partial charge >= 0.3 is 0 Å². The van der Waals surface area contributed by atoms with Gasteiger partial charge in [-0.25, -0.2) is 9.50 Å². The summed E-state index contributed by atoms with van der Waals surface area (Å²) in [5, 5.41) is 14.4. The van der Waals surface area contributed by atoms with Gasteiger partial charge in [0.15, 0.2) is 5.65 Å². The molecule has 31 heavy (non-hydrogen) atoms. The Labute approximate surface area is 181 Å². The van der Waals surface area contributed by atoms with Crippen molar-refractivity contribution in [3.05, 3.63) is 47.9 Å². The average Bonchev–Trinajstić information content (AvgIpc) is 3.44. The first-order chi connectivity index (χ1) is 14.9. The van der Waals surface area contributed by atoms with Gasteiger partial charge < -0.3 is 20.1 Å². The maximum Gasteiger partial charge on any atom is 0.261 e. The van der Waals surface area contributed by atoms with Crippen LogP contribution < -0.4 is 15.0 Å². The minimum absolute atomic E-state index is 0.203. The highest BCUT2D eigenvalue weighted by Gasteiger charge is 2.33. The molecule has 164 valence electrons. The molecule has 2 aliphatic heterocycles. The Kier molecular flexibility index (Phi) is 5.58. The molecule has 0 spiro atoms. The highest BCUT2D eigenvalue weighted by molar-refractivity contribution is 6.09. The van der Waals surface area contributed by atoms with Crippen LogP contribution in [0, 0.1) is 5.92 Å². The first-order valence-corrected chi connectivity index (χ1v) is 10.5. The molecular weight excluding hydrogens is 394 g/mol. The lowest BCUT2D eigenvalue weighted by Crippen LogP contribution is -2.24. The van der Waals surface area contributed by atoms with Gasteiger partial charge in [-0.1, -0.05) is 6.92 Å². The zero-order valence-corrected chi connectivity index (χ0v) is 18.4. The maximum absolute atomic E-state index is 13.1. The van der Waals surface area contributed by atoms with Crippen LogP contribution in [0.25, 0.3) is 5.65 Å². The third-order valence-corrected chi connectivity index (χ3v) is 5.72. The monoisotopic (exact) mass is 423 g/mol. The van der Waals surface area contributed by atoms with E-state index in [1.54, 1.807) is 29.2 Å². The van der Waals surface area contributed by atoms with Crippen molar-refractivity contribution < 1.29 is 14.6 Å². The summed E-state index contributed by atoms with van der Waals surface area (Å²) in [5.41, 5.74) is 3.74. The van der Waals surface area contributed by atoms with E-state index in [1.807, 2.05) is 0 Å². The highest BCUT2D eigenvalue weighted by Crippen LogP contribution is 2.42. The molecule has 0 aliphatic carbocycles. The first-order valence-electron chi connectivity index (χ1n) is 10.5. The molecule has 2 N–H and O–H groups in total. The van der Waals surface area contributed by atoms with E-state index in [9.17, 15) is 4.79 Å². The van der Waals surface area contributed by atoms with Crippen LogP contribution in [0.4, 0.5) is 11.4 Å². The Morgan fingerprint density at radius 2 is 2.13 bits per heavy atom. The smallest absolute Gasteiger partial charge is 0.261 e. The van der Waals surface area contributed by atoms with Crippen LogP contribution in [-0.2, 0) is 6.42 Å². The summed E-state index contributed by atoms with van der Waals surface area (Å²) in [5.74, 6) is 1.35. The van der Waals surface area contributed by atoms with Crippen LogP contribution in [-0.4, -0.2) is 51.4 Å². The topological polar surface area (TPSA) is 92.0 Å². The Morgan fingerprint density at radius 3 is 2.87 bits per heavy atom. The molecule has 1 atom stereocenters. The maximum atomic E-state index is 13.1. The van der Waals surface area contributed by atoms with Gasteiger partial charge in [0.05, 0.1) is 17.6 Å². The number of hydrogen-bond donors (Lipinski definition) is 2. The standard InChI is InChI=1S/C22H25N5O2.CH4O/c1-14-5-8-26(13-14)18-10-19-15(11-22(2,3)29-19)9-17(18)25-21(28)16-12-24-27-7-4-6-23-20(16)27;1-2/h4,6-7,9-10,12,14H,5,8,11,13H2,1-3H3,(H,25,28);2H,1H3. The molecule has 5 rings (SSSR count). The SMILES string of the molecule is CC1CCN(c2cc3c(cc2NC(=O)c2cnn4cccnc24)CC(C)(C)O3)C1.CO. The van der Waals surface area contributed by atoms with Crippen LogP contribution in [0.1, 0.15) is 43.1 Å². The summed E-state index contributed by atoms with van der Waals surface area (Å²) in [6, 6.07) is 5.95. The number of anilines is 2. The summed E-state index contributed by atoms with van der Waals surface area (Å²) >= 11 is 0. The van der Waals surface area contributed by atoms with Crippen molar-refractivity contribution in [1.29, 1.82) is 0 Å². The predicted molar refractivity (Wildman–Crippen MR) is 120 cm³/mol. The molecule has 1 saturated heterocycles. The van der Waals surface area contributed by atoms with E-state index in [0.717, 1.165) is 55.7 Å². The predicted octanol–water partition coefficient (Wildman–Crippen LogP) is 3.15. The zero-order valence-electron chi connectivity index (χ0n) is 18.4. The third kappa shape index (κ3) is 4.07. The zero-order chi connectivity index (χ0) is 22.2. The summed E-state index contributed by atoms with van der Waals surface area (Å²) in [7, 11) is 1.00. The second kappa shape index (κ2) is 8.19. The lowest BCUT2D eigenvalue weighted by Gasteiger charge is -2.23. The van der Waals surface area contributed by atoms with Gasteiger partial charge in [-0.3, -0.25) is 4.79 Å². The van der Waals surface area contributed by atoms with Crippen molar-refractivity contribution in [2.75, 3.05) is 30.4 Å². The Morgan fingerprint density at radius 1 is 1.32 bits per heavy atom. The van der Waals surface area contributed by atoms with Crippen LogP contribution >= 0.6 is 0 Å². The van der Waals surface area contributed by atoms with Gasteiger partial charge in [-0.2, -0.15) is 5.10 Å². The van der Waals surface area contributed by atoms with Crippen molar-refractivity contribution in [2.24, 2.45) is 5.92 Å². The summed E-state index contributed by atoms with van der Waals surface area (Å²) in [4.78, 5) is 19.7. The normalized spacial score (nSPS) is 18.9. The number of carbonyl (C=O) groups excluding carboxylic acids is 1. The van der Waals surface area contributed by atoms with Crippen LogP contribution in [0.2, 0.25) is 0 Å². The third-order valence-electron chi connectivity index (χ3n) is 5.72. The van der Waals surface area contributed by atoms with E-state index < -0.39 is 0 Å². The second-order valence-corrected chi connectivity index (χ2v) is 8.76. The number of nitrogens with one attached hydrogen (secondary N) is 1. The largest absolute Gasteiger partial charge is 0.487 e. The van der Waals surface area contributed by atoms with Crippen molar-refractivity contribution in [2.45, 2.75) is 39.2 Å². The molecule has 2 aliphatic rings. The molecular formula is C23H29N5O3. The van der Waals surface area contributed by atoms with E-state index in [4.69, 9.17) is 9.84 Å². The number of nitrogens with zero attached hydrogens (tertiary/aromatic N) is 4. The number of carbonyl (C=O) groups is 1. The van der Waals surface area contributed by atoms with E-state index in [-0.39, 0.29) is 11.5 Å². The van der Waals surface area contributed by atoms with E-state index in [0.29, 0.717) is 17.1 Å². The van der Waals surface area contributed by atoms with Crippen molar-refractivity contribution in [3.8, 4) is 5.75 Å². The van der Waals surface area contributed by atoms with E-state index in [1.165, 1.54) is 0 Å². The number of ether oxygens (including phenoxy) is 1. The van der Waals surface area contributed by atoms with Crippen LogP contribution in [0.5, 0.6) is 5.75 Å². The number of aromatic nitrogens is 3. The minimum Gasteiger partial charge on any atom is -0.487 e. The number of amides is 1. The van der Waals surface area contributed by atoms with Crippen LogP contribution in [0.15, 0.2) is 36.8 Å². The fraction of sp³-hybridized carbons (Fsp3) is 0.435. The molecule has 8 heteroatoms. The number of aliphatic hydroxyl groups is 1. The lowest BCUT2D eigenvalue weighted by molar-refractivity contribution is 0.102. The van der Waals surface area contributed by atoms with Gasteiger partial charge in [0.25, 0.3) is 5.91 Å². The van der Waals surface area contributed by atoms with Crippen molar-refractivity contribution in [3.63, 3.8) is 0 Å². The molecule has 0 saturated carbocycles. The molecule has 0 bridgehead atoms. The fourth-order valence-corrected chi connectivity index (χ4v) is 4.33. The Hall–Kier alpha value is -3.13. The molecule has 1 amide bonds. The second-order valence-electron chi connectivity index (χ2n) is 8.76. The summed E-state index contributed by atoms with van der Waals surface area (Å²) < 4.78 is 7.76. The number of fused-ring (bicyclic) bond motifs is 2. The minimum atomic E-state index is -0.229. The Balaban J connectivity index is 0.00000112. The quantitative estimate of drug-likeness (QED) is 0.672. The van der Waals surface area contributed by atoms with Gasteiger partial charge in [-0.15, -0.1) is 0 Å². The number of benzene rings is 1. The number of aliphatic hydroxyl groups excluding tert-OH is 1. The van der Waals surface area contributed by atoms with E-state index in [2.05, 4.69) is 53.2 Å². The molecule has 3 aromatic rings. The molecule has 1 unspecified atom stereocenters. The van der Waals surface area contributed by atoms with Crippen molar-refractivity contribution in [1.82, 2.24) is 14.6 Å². The highest BCUT2D eigenvalue weighted by atomic mass is 16.5. The van der Waals surface area contributed by atoms with Crippen LogP contribution in [0.3, 0.4) is 0 Å². The number of hydrogen-bond acceptors (Lipinski definition) is 6. The van der Waals surface area contributed by atoms with Gasteiger partial charge in [0, 0.05) is 50.6 Å². The first kappa shape index (κ1) is 21.1. The van der Waals surface area contributed by atoms with Gasteiger partial charge in [0.2, 0.25) is 0 Å². The fourth-order valence-electron chi connectivity index (χ4n) is 4.33. The summed E-state index contributed by atoms with van der Waals surface area (Å²) in [6.07, 6.45) is 6.98. The van der Waals surface area contributed by atoms with Crippen molar-refractivity contribution >= 4 is 22.9 Å². The molecule has 4 heterocycles. The lowest BCUT2D eigenvalue weighted by atomic mass is 10.0. The average molecular weight is 424 g/mol. The molecule has 1 aromatic carbocycles.